The zero-order valence-electron chi connectivity index (χ0n) is 13.1. The van der Waals surface area contributed by atoms with E-state index in [1.807, 2.05) is 17.8 Å². The second kappa shape index (κ2) is 14.4. The predicted molar refractivity (Wildman–Crippen MR) is 110 cm³/mol. The van der Waals surface area contributed by atoms with Crippen LogP contribution in [0.1, 0.15) is 12.8 Å². The Labute approximate surface area is 158 Å². The summed E-state index contributed by atoms with van der Waals surface area (Å²) in [6.45, 7) is 1.68. The van der Waals surface area contributed by atoms with Crippen LogP contribution in [0.2, 0.25) is 0 Å². The molecule has 0 amide bonds. The van der Waals surface area contributed by atoms with Crippen molar-refractivity contribution in [2.24, 2.45) is 4.99 Å². The first-order chi connectivity index (χ1) is 10.3. The van der Waals surface area contributed by atoms with E-state index >= 15 is 0 Å². The van der Waals surface area contributed by atoms with E-state index in [-0.39, 0.29) is 29.8 Å². The van der Waals surface area contributed by atoms with Gasteiger partial charge in [0.1, 0.15) is 5.82 Å². The number of benzene rings is 1. The highest BCUT2D eigenvalue weighted by Gasteiger charge is 2.01. The Bertz CT molecular complexity index is 433. The molecule has 1 aromatic carbocycles. The first kappa shape index (κ1) is 21.9. The molecule has 0 spiro atoms. The molecule has 0 atom stereocenters. The van der Waals surface area contributed by atoms with Gasteiger partial charge in [-0.15, -0.1) is 35.7 Å². The maximum Gasteiger partial charge on any atom is 0.191 e. The second-order valence-corrected chi connectivity index (χ2v) is 6.53. The van der Waals surface area contributed by atoms with Gasteiger partial charge in [-0.05, 0) is 37.0 Å². The van der Waals surface area contributed by atoms with Crippen molar-refractivity contribution in [1.29, 1.82) is 0 Å². The molecular formula is C15H25FIN3S2. The molecule has 0 saturated heterocycles. The van der Waals surface area contributed by atoms with E-state index in [2.05, 4.69) is 21.9 Å². The lowest BCUT2D eigenvalue weighted by Crippen LogP contribution is -2.38. The van der Waals surface area contributed by atoms with Gasteiger partial charge in [0.05, 0.1) is 0 Å². The summed E-state index contributed by atoms with van der Waals surface area (Å²) in [7, 11) is 1.77. The van der Waals surface area contributed by atoms with Gasteiger partial charge < -0.3 is 10.6 Å². The molecule has 22 heavy (non-hydrogen) atoms. The number of unbranched alkanes of at least 4 members (excludes halogenated alkanes) is 1. The molecule has 0 unspecified atom stereocenters. The lowest BCUT2D eigenvalue weighted by atomic mass is 10.3. The first-order valence-corrected chi connectivity index (χ1v) is 9.46. The molecule has 0 saturated carbocycles. The van der Waals surface area contributed by atoms with E-state index < -0.39 is 0 Å². The SMILES string of the molecule is CN=C(NCCCCSC)NCCSc1ccccc1F.I. The van der Waals surface area contributed by atoms with Crippen molar-refractivity contribution in [2.45, 2.75) is 17.7 Å². The zero-order valence-corrected chi connectivity index (χ0v) is 17.1. The number of thioether (sulfide) groups is 2. The third-order valence-corrected chi connectivity index (χ3v) is 4.53. The highest BCUT2D eigenvalue weighted by Crippen LogP contribution is 2.20. The van der Waals surface area contributed by atoms with Gasteiger partial charge in [0.25, 0.3) is 0 Å². The molecule has 0 aliphatic heterocycles. The topological polar surface area (TPSA) is 36.4 Å². The zero-order chi connectivity index (χ0) is 15.3. The van der Waals surface area contributed by atoms with Crippen LogP contribution in [0.25, 0.3) is 0 Å². The van der Waals surface area contributed by atoms with Crippen LogP contribution < -0.4 is 10.6 Å². The Kier molecular flexibility index (Phi) is 14.3. The quantitative estimate of drug-likeness (QED) is 0.194. The summed E-state index contributed by atoms with van der Waals surface area (Å²) in [6.07, 6.45) is 4.49. The summed E-state index contributed by atoms with van der Waals surface area (Å²) < 4.78 is 13.4. The Hall–Kier alpha value is -0.150. The van der Waals surface area contributed by atoms with Crippen molar-refractivity contribution in [3.63, 3.8) is 0 Å². The summed E-state index contributed by atoms with van der Waals surface area (Å²) >= 11 is 3.39. The molecule has 7 heteroatoms. The highest BCUT2D eigenvalue weighted by molar-refractivity contribution is 14.0. The molecule has 0 fully saturated rings. The minimum Gasteiger partial charge on any atom is -0.356 e. The van der Waals surface area contributed by atoms with Crippen LogP contribution in [0.5, 0.6) is 0 Å². The van der Waals surface area contributed by atoms with Crippen LogP contribution in [-0.2, 0) is 0 Å². The van der Waals surface area contributed by atoms with Crippen LogP contribution in [0.3, 0.4) is 0 Å². The van der Waals surface area contributed by atoms with E-state index in [0.717, 1.165) is 31.2 Å². The van der Waals surface area contributed by atoms with Crippen molar-refractivity contribution >= 4 is 53.5 Å². The van der Waals surface area contributed by atoms with Gasteiger partial charge in [0.15, 0.2) is 5.96 Å². The van der Waals surface area contributed by atoms with Gasteiger partial charge in [-0.1, -0.05) is 12.1 Å². The van der Waals surface area contributed by atoms with Gasteiger partial charge in [0.2, 0.25) is 0 Å². The van der Waals surface area contributed by atoms with Crippen LogP contribution in [0, 0.1) is 5.82 Å². The number of halogens is 2. The fourth-order valence-corrected chi connectivity index (χ4v) is 2.99. The van der Waals surface area contributed by atoms with Gasteiger partial charge >= 0.3 is 0 Å². The summed E-state index contributed by atoms with van der Waals surface area (Å²) in [5.74, 6) is 2.66. The minimum absolute atomic E-state index is 0. The fourth-order valence-electron chi connectivity index (χ4n) is 1.69. The predicted octanol–water partition coefficient (Wildman–Crippen LogP) is 3.84. The minimum atomic E-state index is -0.154. The van der Waals surface area contributed by atoms with Crippen molar-refractivity contribution in [1.82, 2.24) is 10.6 Å². The molecule has 0 aliphatic rings. The number of rotatable bonds is 9. The molecule has 0 bridgehead atoms. The maximum absolute atomic E-state index is 13.4. The average Bonchev–Trinajstić information content (AvgIpc) is 2.50. The number of nitrogens with zero attached hydrogens (tertiary/aromatic N) is 1. The van der Waals surface area contributed by atoms with Crippen molar-refractivity contribution in [3.05, 3.63) is 30.1 Å². The molecular weight excluding hydrogens is 432 g/mol. The maximum atomic E-state index is 13.4. The van der Waals surface area contributed by atoms with E-state index in [1.54, 1.807) is 19.2 Å². The lowest BCUT2D eigenvalue weighted by Gasteiger charge is -2.11. The third kappa shape index (κ3) is 9.78. The van der Waals surface area contributed by atoms with Crippen LogP contribution in [0.15, 0.2) is 34.2 Å². The van der Waals surface area contributed by atoms with Crippen molar-refractivity contribution in [2.75, 3.05) is 37.9 Å². The van der Waals surface area contributed by atoms with E-state index in [9.17, 15) is 4.39 Å². The van der Waals surface area contributed by atoms with Crippen molar-refractivity contribution < 1.29 is 4.39 Å². The molecule has 3 nitrogen and oxygen atoms in total. The summed E-state index contributed by atoms with van der Waals surface area (Å²) in [4.78, 5) is 4.87. The Morgan fingerprint density at radius 2 is 1.86 bits per heavy atom. The fraction of sp³-hybridized carbons (Fsp3) is 0.533. The molecule has 2 N–H and O–H groups in total. The van der Waals surface area contributed by atoms with Crippen LogP contribution in [-0.4, -0.2) is 43.9 Å². The molecule has 0 aromatic heterocycles. The standard InChI is InChI=1S/C15H24FN3S2.HI/c1-17-15(18-9-5-6-11-20-2)19-10-12-21-14-8-4-3-7-13(14)16;/h3-4,7-8H,5-6,9-12H2,1-2H3,(H2,17,18,19);1H. The van der Waals surface area contributed by atoms with E-state index in [0.29, 0.717) is 4.90 Å². The van der Waals surface area contributed by atoms with Crippen molar-refractivity contribution in [3.8, 4) is 0 Å². The first-order valence-electron chi connectivity index (χ1n) is 7.08. The van der Waals surface area contributed by atoms with Gasteiger partial charge in [-0.2, -0.15) is 11.8 Å². The van der Waals surface area contributed by atoms with E-state index in [1.165, 1.54) is 30.0 Å². The normalized spacial score (nSPS) is 11.0. The monoisotopic (exact) mass is 457 g/mol. The molecule has 0 aliphatic carbocycles. The lowest BCUT2D eigenvalue weighted by molar-refractivity contribution is 0.602. The largest absolute Gasteiger partial charge is 0.356 e. The Balaban J connectivity index is 0.00000441. The summed E-state index contributed by atoms with van der Waals surface area (Å²) in [5.41, 5.74) is 0. The molecule has 1 rings (SSSR count). The number of aliphatic imine (C=N–C) groups is 1. The summed E-state index contributed by atoms with van der Waals surface area (Å²) in [6, 6.07) is 6.86. The molecule has 0 heterocycles. The smallest absolute Gasteiger partial charge is 0.191 e. The molecule has 126 valence electrons. The van der Waals surface area contributed by atoms with Crippen LogP contribution >= 0.6 is 47.5 Å². The molecule has 1 aromatic rings. The Morgan fingerprint density at radius 1 is 1.14 bits per heavy atom. The summed E-state index contributed by atoms with van der Waals surface area (Å²) in [5, 5.41) is 6.53. The Morgan fingerprint density at radius 3 is 2.55 bits per heavy atom. The number of nitrogens with one attached hydrogen (secondary N) is 2. The van der Waals surface area contributed by atoms with Crippen LogP contribution in [0.4, 0.5) is 4.39 Å². The highest BCUT2D eigenvalue weighted by atomic mass is 127. The number of guanidine groups is 1. The average molecular weight is 457 g/mol. The second-order valence-electron chi connectivity index (χ2n) is 4.40. The van der Waals surface area contributed by atoms with E-state index in [4.69, 9.17) is 0 Å². The number of hydrogen-bond donors (Lipinski definition) is 2. The van der Waals surface area contributed by atoms with Gasteiger partial charge in [0, 0.05) is 30.8 Å². The third-order valence-electron chi connectivity index (χ3n) is 2.78. The molecule has 0 radical (unpaired) electrons. The van der Waals surface area contributed by atoms with Gasteiger partial charge in [-0.3, -0.25) is 4.99 Å². The van der Waals surface area contributed by atoms with Gasteiger partial charge in [-0.25, -0.2) is 4.39 Å². The number of hydrogen-bond acceptors (Lipinski definition) is 3.